The van der Waals surface area contributed by atoms with Crippen molar-refractivity contribution >= 4 is 17.5 Å². The zero-order valence-corrected chi connectivity index (χ0v) is 21.3. The SMILES string of the molecule is CCOC(=O)C1=C(C)N/C(=C\C(=O)c2ccccc2)[C@@H](C(=O)c2ccccc2)[C@@H]1c1ccccc1C(F)(F)F. The molecule has 0 saturated heterocycles. The number of hydrogen-bond donors (Lipinski definition) is 1. The second-order valence-corrected chi connectivity index (χ2v) is 8.98. The van der Waals surface area contributed by atoms with Crippen LogP contribution in [0, 0.1) is 5.92 Å². The van der Waals surface area contributed by atoms with Crippen molar-refractivity contribution in [3.05, 3.63) is 130 Å². The van der Waals surface area contributed by atoms with Gasteiger partial charge in [-0.05, 0) is 25.5 Å². The van der Waals surface area contributed by atoms with E-state index in [0.717, 1.165) is 6.07 Å². The van der Waals surface area contributed by atoms with E-state index in [0.29, 0.717) is 5.56 Å². The van der Waals surface area contributed by atoms with Gasteiger partial charge in [-0.2, -0.15) is 13.2 Å². The van der Waals surface area contributed by atoms with Crippen LogP contribution in [-0.2, 0) is 15.7 Å². The Hall–Kier alpha value is -4.46. The second-order valence-electron chi connectivity index (χ2n) is 8.98. The van der Waals surface area contributed by atoms with Crippen molar-refractivity contribution in [3.8, 4) is 0 Å². The first kappa shape index (κ1) is 27.6. The van der Waals surface area contributed by atoms with Gasteiger partial charge in [-0.1, -0.05) is 78.9 Å². The van der Waals surface area contributed by atoms with E-state index in [1.54, 1.807) is 67.6 Å². The molecule has 0 unspecified atom stereocenters. The van der Waals surface area contributed by atoms with Crippen LogP contribution in [0.1, 0.15) is 51.6 Å². The van der Waals surface area contributed by atoms with Crippen LogP contribution in [0.4, 0.5) is 13.2 Å². The number of carbonyl (C=O) groups excluding carboxylic acids is 3. The van der Waals surface area contributed by atoms with Gasteiger partial charge in [0, 0.05) is 34.5 Å². The highest BCUT2D eigenvalue weighted by molar-refractivity contribution is 6.08. The molecule has 8 heteroatoms. The Labute approximate surface area is 224 Å². The first-order valence-electron chi connectivity index (χ1n) is 12.3. The number of carbonyl (C=O) groups is 3. The van der Waals surface area contributed by atoms with Gasteiger partial charge in [-0.25, -0.2) is 4.79 Å². The summed E-state index contributed by atoms with van der Waals surface area (Å²) in [5.74, 6) is -4.58. The number of rotatable bonds is 7. The van der Waals surface area contributed by atoms with Crippen molar-refractivity contribution in [3.63, 3.8) is 0 Å². The molecule has 4 rings (SSSR count). The third-order valence-electron chi connectivity index (χ3n) is 6.50. The minimum absolute atomic E-state index is 0.0181. The lowest BCUT2D eigenvalue weighted by atomic mass is 9.71. The fourth-order valence-corrected chi connectivity index (χ4v) is 4.82. The first-order chi connectivity index (χ1) is 18.6. The van der Waals surface area contributed by atoms with Crippen molar-refractivity contribution < 1.29 is 32.3 Å². The standard InChI is InChI=1S/C31H26F3NO4/c1-3-39-30(38)26-19(2)35-24(18-25(36)20-12-6-4-7-13-20)28(29(37)21-14-8-5-9-15-21)27(26)22-16-10-11-17-23(22)31(32,33)34/h4-18,27-28,35H,3H2,1-2H3/b24-18-/t27-,28-/m1/s1. The van der Waals surface area contributed by atoms with Crippen LogP contribution in [-0.4, -0.2) is 24.1 Å². The number of alkyl halides is 3. The summed E-state index contributed by atoms with van der Waals surface area (Å²) < 4.78 is 48.0. The number of benzene rings is 3. The molecular formula is C31H26F3NO4. The molecule has 0 radical (unpaired) electrons. The van der Waals surface area contributed by atoms with Crippen molar-refractivity contribution in [2.45, 2.75) is 25.9 Å². The minimum Gasteiger partial charge on any atom is -0.463 e. The maximum absolute atomic E-state index is 14.3. The molecular weight excluding hydrogens is 507 g/mol. The molecule has 1 heterocycles. The van der Waals surface area contributed by atoms with E-state index in [1.165, 1.54) is 31.2 Å². The lowest BCUT2D eigenvalue weighted by molar-refractivity contribution is -0.141. The first-order valence-corrected chi connectivity index (χ1v) is 12.3. The summed E-state index contributed by atoms with van der Waals surface area (Å²) in [5.41, 5.74) is -0.508. The number of nitrogens with one attached hydrogen (secondary N) is 1. The van der Waals surface area contributed by atoms with Gasteiger partial charge in [0.15, 0.2) is 11.6 Å². The quantitative estimate of drug-likeness (QED) is 0.213. The van der Waals surface area contributed by atoms with Crippen LogP contribution in [0.2, 0.25) is 0 Å². The fraction of sp³-hybridized carbons (Fsp3) is 0.194. The Balaban J connectivity index is 2.01. The lowest BCUT2D eigenvalue weighted by Crippen LogP contribution is -2.40. The van der Waals surface area contributed by atoms with Gasteiger partial charge in [-0.3, -0.25) is 9.59 Å². The fourth-order valence-electron chi connectivity index (χ4n) is 4.82. The van der Waals surface area contributed by atoms with E-state index in [9.17, 15) is 27.6 Å². The van der Waals surface area contributed by atoms with Crippen LogP contribution in [0.15, 0.2) is 108 Å². The number of Topliss-reactive ketones (excluding diaryl/α,β-unsaturated/α-hetero) is 1. The largest absolute Gasteiger partial charge is 0.463 e. The van der Waals surface area contributed by atoms with Gasteiger partial charge in [0.1, 0.15) is 0 Å². The molecule has 3 aromatic rings. The van der Waals surface area contributed by atoms with Gasteiger partial charge in [-0.15, -0.1) is 0 Å². The number of ketones is 2. The van der Waals surface area contributed by atoms with Gasteiger partial charge in [0.2, 0.25) is 0 Å². The summed E-state index contributed by atoms with van der Waals surface area (Å²) in [7, 11) is 0. The molecule has 0 aromatic heterocycles. The molecule has 1 aliphatic heterocycles. The maximum atomic E-state index is 14.3. The number of esters is 1. The normalized spacial score (nSPS) is 18.4. The highest BCUT2D eigenvalue weighted by Gasteiger charge is 2.46. The summed E-state index contributed by atoms with van der Waals surface area (Å²) in [6, 6.07) is 21.2. The van der Waals surface area contributed by atoms with Crippen molar-refractivity contribution in [2.24, 2.45) is 5.92 Å². The third kappa shape index (κ3) is 5.85. The lowest BCUT2D eigenvalue weighted by Gasteiger charge is -2.37. The molecule has 1 aliphatic rings. The predicted molar refractivity (Wildman–Crippen MR) is 140 cm³/mol. The summed E-state index contributed by atoms with van der Waals surface area (Å²) >= 11 is 0. The number of ether oxygens (including phenoxy) is 1. The molecule has 0 amide bonds. The molecule has 3 aromatic carbocycles. The molecule has 5 nitrogen and oxygen atoms in total. The topological polar surface area (TPSA) is 72.5 Å². The molecule has 0 bridgehead atoms. The monoisotopic (exact) mass is 533 g/mol. The average molecular weight is 534 g/mol. The molecule has 0 aliphatic carbocycles. The third-order valence-corrected chi connectivity index (χ3v) is 6.50. The van der Waals surface area contributed by atoms with E-state index >= 15 is 0 Å². The predicted octanol–water partition coefficient (Wildman–Crippen LogP) is 6.50. The summed E-state index contributed by atoms with van der Waals surface area (Å²) in [5, 5.41) is 2.98. The van der Waals surface area contributed by atoms with E-state index in [1.807, 2.05) is 0 Å². The highest BCUT2D eigenvalue weighted by atomic mass is 19.4. The number of halogens is 3. The summed E-state index contributed by atoms with van der Waals surface area (Å²) in [6.45, 7) is 3.08. The number of allylic oxidation sites excluding steroid dienone is 3. The van der Waals surface area contributed by atoms with Gasteiger partial charge >= 0.3 is 12.1 Å². The smallest absolute Gasteiger partial charge is 0.416 e. The van der Waals surface area contributed by atoms with Crippen LogP contribution >= 0.6 is 0 Å². The molecule has 2 atom stereocenters. The van der Waals surface area contributed by atoms with E-state index in [-0.39, 0.29) is 34.7 Å². The van der Waals surface area contributed by atoms with E-state index in [4.69, 9.17) is 4.74 Å². The van der Waals surface area contributed by atoms with Crippen molar-refractivity contribution in [1.29, 1.82) is 0 Å². The van der Waals surface area contributed by atoms with Crippen LogP contribution in [0.5, 0.6) is 0 Å². The zero-order valence-electron chi connectivity index (χ0n) is 21.3. The summed E-state index contributed by atoms with van der Waals surface area (Å²) in [4.78, 5) is 40.5. The van der Waals surface area contributed by atoms with Gasteiger partial charge in [0.25, 0.3) is 0 Å². The molecule has 0 spiro atoms. The summed E-state index contributed by atoms with van der Waals surface area (Å²) in [6.07, 6.45) is -3.55. The molecule has 200 valence electrons. The second kappa shape index (κ2) is 11.5. The van der Waals surface area contributed by atoms with Crippen LogP contribution < -0.4 is 5.32 Å². The Morgan fingerprint density at radius 2 is 1.44 bits per heavy atom. The Bertz CT molecular complexity index is 1440. The maximum Gasteiger partial charge on any atom is 0.416 e. The van der Waals surface area contributed by atoms with Crippen LogP contribution in [0.25, 0.3) is 0 Å². The van der Waals surface area contributed by atoms with E-state index < -0.39 is 41.1 Å². The van der Waals surface area contributed by atoms with E-state index in [2.05, 4.69) is 5.32 Å². The molecule has 1 N–H and O–H groups in total. The Morgan fingerprint density at radius 3 is 2.03 bits per heavy atom. The highest BCUT2D eigenvalue weighted by Crippen LogP contribution is 2.46. The Morgan fingerprint density at radius 1 is 0.872 bits per heavy atom. The minimum atomic E-state index is -4.76. The molecule has 0 saturated carbocycles. The number of hydrogen-bond acceptors (Lipinski definition) is 5. The van der Waals surface area contributed by atoms with Crippen LogP contribution in [0.3, 0.4) is 0 Å². The van der Waals surface area contributed by atoms with Gasteiger partial charge in [0.05, 0.1) is 23.7 Å². The van der Waals surface area contributed by atoms with Gasteiger partial charge < -0.3 is 10.1 Å². The zero-order chi connectivity index (χ0) is 28.2. The molecule has 39 heavy (non-hydrogen) atoms. The van der Waals surface area contributed by atoms with Crippen molar-refractivity contribution in [2.75, 3.05) is 6.61 Å². The Kier molecular flexibility index (Phi) is 8.14. The van der Waals surface area contributed by atoms with Crippen molar-refractivity contribution in [1.82, 2.24) is 5.32 Å². The molecule has 0 fully saturated rings. The average Bonchev–Trinajstić information content (AvgIpc) is 2.93.